The van der Waals surface area contributed by atoms with Gasteiger partial charge in [-0.3, -0.25) is 0 Å². The summed E-state index contributed by atoms with van der Waals surface area (Å²) in [5.74, 6) is 0. The van der Waals surface area contributed by atoms with Crippen molar-refractivity contribution in [2.45, 2.75) is 33.4 Å². The predicted molar refractivity (Wildman–Crippen MR) is 106 cm³/mol. The number of hydrogen-bond donors (Lipinski definition) is 2. The van der Waals surface area contributed by atoms with Crippen molar-refractivity contribution in [3.8, 4) is 0 Å². The standard InChI is InChI=1S/C22H25N3O/c1-3-19-10-4-5-12-21(19)24-22(26)23-15-20-11-7-13-25(20)16-18-9-6-8-17(2)14-18/h4-14H,3,15-16H2,1-2H3,(H2,23,24,26). The first-order valence-electron chi connectivity index (χ1n) is 8.98. The van der Waals surface area contributed by atoms with Crippen molar-refractivity contribution in [2.75, 3.05) is 5.32 Å². The molecule has 0 aliphatic heterocycles. The van der Waals surface area contributed by atoms with Gasteiger partial charge in [0.25, 0.3) is 0 Å². The molecule has 0 radical (unpaired) electrons. The van der Waals surface area contributed by atoms with Crippen molar-refractivity contribution in [3.05, 3.63) is 89.2 Å². The van der Waals surface area contributed by atoms with Gasteiger partial charge in [-0.25, -0.2) is 4.79 Å². The third kappa shape index (κ3) is 4.54. The van der Waals surface area contributed by atoms with Crippen LogP contribution in [-0.4, -0.2) is 10.6 Å². The van der Waals surface area contributed by atoms with Crippen molar-refractivity contribution in [1.82, 2.24) is 9.88 Å². The van der Waals surface area contributed by atoms with Gasteiger partial charge < -0.3 is 15.2 Å². The second-order valence-electron chi connectivity index (χ2n) is 6.43. The maximum absolute atomic E-state index is 12.3. The van der Waals surface area contributed by atoms with Crippen molar-refractivity contribution < 1.29 is 4.79 Å². The maximum atomic E-state index is 12.3. The lowest BCUT2D eigenvalue weighted by Gasteiger charge is -2.13. The van der Waals surface area contributed by atoms with Gasteiger partial charge in [-0.1, -0.05) is 55.0 Å². The number of para-hydroxylation sites is 1. The summed E-state index contributed by atoms with van der Waals surface area (Å²) in [6.07, 6.45) is 2.93. The quantitative estimate of drug-likeness (QED) is 0.665. The van der Waals surface area contributed by atoms with E-state index >= 15 is 0 Å². The fourth-order valence-corrected chi connectivity index (χ4v) is 3.06. The molecule has 2 N–H and O–H groups in total. The summed E-state index contributed by atoms with van der Waals surface area (Å²) in [7, 11) is 0. The Morgan fingerprint density at radius 2 is 1.88 bits per heavy atom. The monoisotopic (exact) mass is 347 g/mol. The number of aromatic nitrogens is 1. The molecule has 0 saturated heterocycles. The van der Waals surface area contributed by atoms with E-state index in [9.17, 15) is 4.79 Å². The minimum absolute atomic E-state index is 0.186. The third-order valence-electron chi connectivity index (χ3n) is 4.44. The minimum atomic E-state index is -0.186. The fourth-order valence-electron chi connectivity index (χ4n) is 3.06. The van der Waals surface area contributed by atoms with Crippen LogP contribution in [0.3, 0.4) is 0 Å². The number of rotatable bonds is 6. The van der Waals surface area contributed by atoms with Crippen molar-refractivity contribution >= 4 is 11.7 Å². The van der Waals surface area contributed by atoms with Gasteiger partial charge >= 0.3 is 6.03 Å². The Balaban J connectivity index is 1.60. The summed E-state index contributed by atoms with van der Waals surface area (Å²) >= 11 is 0. The number of benzene rings is 2. The Hall–Kier alpha value is -3.01. The van der Waals surface area contributed by atoms with Gasteiger partial charge in [0.1, 0.15) is 0 Å². The van der Waals surface area contributed by atoms with Crippen LogP contribution in [0.25, 0.3) is 0 Å². The normalized spacial score (nSPS) is 10.5. The van der Waals surface area contributed by atoms with Gasteiger partial charge in [-0.2, -0.15) is 0 Å². The number of anilines is 1. The Morgan fingerprint density at radius 1 is 1.04 bits per heavy atom. The molecule has 0 aliphatic rings. The molecular formula is C22H25N3O. The summed E-state index contributed by atoms with van der Waals surface area (Å²) < 4.78 is 2.16. The Labute approximate surface area is 154 Å². The number of nitrogens with one attached hydrogen (secondary N) is 2. The lowest BCUT2D eigenvalue weighted by molar-refractivity contribution is 0.251. The first-order valence-corrected chi connectivity index (χ1v) is 8.98. The molecule has 2 aromatic carbocycles. The topological polar surface area (TPSA) is 46.1 Å². The number of amides is 2. The van der Waals surface area contributed by atoms with Crippen molar-refractivity contribution in [1.29, 1.82) is 0 Å². The van der Waals surface area contributed by atoms with E-state index in [0.29, 0.717) is 6.54 Å². The number of urea groups is 1. The molecule has 3 aromatic rings. The summed E-state index contributed by atoms with van der Waals surface area (Å²) in [6.45, 7) is 5.46. The SMILES string of the molecule is CCc1ccccc1NC(=O)NCc1cccn1Cc1cccc(C)c1. The Morgan fingerprint density at radius 3 is 2.69 bits per heavy atom. The van der Waals surface area contributed by atoms with Crippen LogP contribution in [0.1, 0.15) is 29.3 Å². The molecular weight excluding hydrogens is 322 g/mol. The molecule has 3 rings (SSSR count). The molecule has 1 aromatic heterocycles. The number of carbonyl (C=O) groups excluding carboxylic acids is 1. The molecule has 0 spiro atoms. The first kappa shape index (κ1) is 17.8. The number of aryl methyl sites for hydroxylation is 2. The van der Waals surface area contributed by atoms with Crippen molar-refractivity contribution in [2.24, 2.45) is 0 Å². The summed E-state index contributed by atoms with van der Waals surface area (Å²) in [5.41, 5.74) is 5.57. The van der Waals surface area contributed by atoms with Gasteiger partial charge in [0.2, 0.25) is 0 Å². The smallest absolute Gasteiger partial charge is 0.319 e. The van der Waals surface area contributed by atoms with Crippen LogP contribution in [0.15, 0.2) is 66.9 Å². The van der Waals surface area contributed by atoms with Crippen LogP contribution in [0, 0.1) is 6.92 Å². The zero-order valence-electron chi connectivity index (χ0n) is 15.3. The zero-order chi connectivity index (χ0) is 18.4. The fraction of sp³-hybridized carbons (Fsp3) is 0.227. The van der Waals surface area contributed by atoms with E-state index in [2.05, 4.69) is 53.3 Å². The molecule has 0 fully saturated rings. The molecule has 4 nitrogen and oxygen atoms in total. The lowest BCUT2D eigenvalue weighted by Crippen LogP contribution is -2.29. The largest absolute Gasteiger partial charge is 0.345 e. The van der Waals surface area contributed by atoms with Crippen LogP contribution >= 0.6 is 0 Å². The number of hydrogen-bond acceptors (Lipinski definition) is 1. The van der Waals surface area contributed by atoms with Crippen LogP contribution < -0.4 is 10.6 Å². The third-order valence-corrected chi connectivity index (χ3v) is 4.44. The van der Waals surface area contributed by atoms with E-state index < -0.39 is 0 Å². The summed E-state index contributed by atoms with van der Waals surface area (Å²) in [4.78, 5) is 12.3. The number of nitrogens with zero attached hydrogens (tertiary/aromatic N) is 1. The average molecular weight is 347 g/mol. The molecule has 134 valence electrons. The average Bonchev–Trinajstić information content (AvgIpc) is 3.07. The second kappa shape index (κ2) is 8.39. The van der Waals surface area contributed by atoms with E-state index in [0.717, 1.165) is 29.9 Å². The highest BCUT2D eigenvalue weighted by atomic mass is 16.2. The lowest BCUT2D eigenvalue weighted by atomic mass is 10.1. The van der Waals surface area contributed by atoms with Gasteiger partial charge in [0.05, 0.1) is 6.54 Å². The molecule has 0 unspecified atom stereocenters. The second-order valence-corrected chi connectivity index (χ2v) is 6.43. The zero-order valence-corrected chi connectivity index (χ0v) is 15.3. The Bertz CT molecular complexity index is 882. The molecule has 1 heterocycles. The molecule has 0 saturated carbocycles. The first-order chi connectivity index (χ1) is 12.7. The molecule has 0 bridgehead atoms. The van der Waals surface area contributed by atoms with Gasteiger partial charge in [-0.05, 0) is 42.7 Å². The molecule has 26 heavy (non-hydrogen) atoms. The Kier molecular flexibility index (Phi) is 5.74. The highest BCUT2D eigenvalue weighted by molar-refractivity contribution is 5.90. The highest BCUT2D eigenvalue weighted by Gasteiger charge is 2.07. The summed E-state index contributed by atoms with van der Waals surface area (Å²) in [6, 6.07) is 20.2. The van der Waals surface area contributed by atoms with E-state index in [1.54, 1.807) is 0 Å². The highest BCUT2D eigenvalue weighted by Crippen LogP contribution is 2.15. The van der Waals surface area contributed by atoms with Crippen LogP contribution in [-0.2, 0) is 19.5 Å². The van der Waals surface area contributed by atoms with E-state index in [1.807, 2.05) is 42.6 Å². The predicted octanol–water partition coefficient (Wildman–Crippen LogP) is 4.73. The van der Waals surface area contributed by atoms with E-state index in [4.69, 9.17) is 0 Å². The summed E-state index contributed by atoms with van der Waals surface area (Å²) in [5, 5.41) is 5.89. The van der Waals surface area contributed by atoms with Gasteiger partial charge in [0.15, 0.2) is 0 Å². The van der Waals surface area contributed by atoms with Crippen LogP contribution in [0.5, 0.6) is 0 Å². The molecule has 0 atom stereocenters. The van der Waals surface area contributed by atoms with Gasteiger partial charge in [-0.15, -0.1) is 0 Å². The number of carbonyl (C=O) groups is 1. The minimum Gasteiger partial charge on any atom is -0.345 e. The molecule has 4 heteroatoms. The molecule has 0 aliphatic carbocycles. The van der Waals surface area contributed by atoms with Gasteiger partial charge in [0, 0.05) is 24.1 Å². The van der Waals surface area contributed by atoms with Crippen LogP contribution in [0.2, 0.25) is 0 Å². The maximum Gasteiger partial charge on any atom is 0.319 e. The molecule has 2 amide bonds. The van der Waals surface area contributed by atoms with Crippen LogP contribution in [0.4, 0.5) is 10.5 Å². The van der Waals surface area contributed by atoms with E-state index in [-0.39, 0.29) is 6.03 Å². The van der Waals surface area contributed by atoms with E-state index in [1.165, 1.54) is 11.1 Å². The van der Waals surface area contributed by atoms with Crippen molar-refractivity contribution in [3.63, 3.8) is 0 Å².